The number of pyridine rings is 1. The summed E-state index contributed by atoms with van der Waals surface area (Å²) in [4.78, 5) is 30.4. The van der Waals surface area contributed by atoms with Crippen LogP contribution in [0, 0.1) is 5.82 Å². The average molecular weight is 510 g/mol. The molecule has 3 rings (SSSR count). The second kappa shape index (κ2) is 11.3. The fourth-order valence-electron chi connectivity index (χ4n) is 3.72. The van der Waals surface area contributed by atoms with Crippen LogP contribution >= 0.6 is 0 Å². The fraction of sp³-hybridized carbons (Fsp3) is 0.321. The van der Waals surface area contributed by atoms with Gasteiger partial charge in [-0.15, -0.1) is 0 Å². The first-order valence-electron chi connectivity index (χ1n) is 11.7. The van der Waals surface area contributed by atoms with Crippen LogP contribution in [-0.2, 0) is 16.0 Å². The molecule has 1 unspecified atom stereocenters. The molecule has 1 heterocycles. The van der Waals surface area contributed by atoms with Crippen molar-refractivity contribution >= 4 is 17.9 Å². The largest absolute Gasteiger partial charge is 0.482 e. The number of halogens is 1. The molecule has 2 N–H and O–H groups in total. The van der Waals surface area contributed by atoms with Crippen molar-refractivity contribution in [2.45, 2.75) is 45.9 Å². The molecule has 0 aliphatic carbocycles. The van der Waals surface area contributed by atoms with Gasteiger partial charge in [0, 0.05) is 30.9 Å². The number of anilines is 1. The van der Waals surface area contributed by atoms with E-state index in [1.165, 1.54) is 30.2 Å². The number of nitrogen functional groups attached to an aromatic ring is 1. The molecule has 9 heteroatoms. The van der Waals surface area contributed by atoms with Crippen molar-refractivity contribution in [1.29, 1.82) is 0 Å². The number of amides is 1. The van der Waals surface area contributed by atoms with Crippen LogP contribution in [0.1, 0.15) is 55.3 Å². The van der Waals surface area contributed by atoms with E-state index in [0.717, 1.165) is 11.1 Å². The number of ether oxygens (including phenoxy) is 3. The van der Waals surface area contributed by atoms with Gasteiger partial charge >= 0.3 is 12.1 Å². The highest BCUT2D eigenvalue weighted by Crippen LogP contribution is 2.33. The Kier molecular flexibility index (Phi) is 8.37. The normalized spacial score (nSPS) is 12.0. The fourth-order valence-corrected chi connectivity index (χ4v) is 3.72. The Hall–Kier alpha value is -4.14. The van der Waals surface area contributed by atoms with E-state index >= 15 is 0 Å². The number of hydrogen-bond donors (Lipinski definition) is 1. The number of hydrogen-bond acceptors (Lipinski definition) is 7. The number of carbonyl (C=O) groups excluding carboxylic acids is 2. The molecule has 8 nitrogen and oxygen atoms in total. The lowest BCUT2D eigenvalue weighted by Crippen LogP contribution is -2.33. The van der Waals surface area contributed by atoms with E-state index in [2.05, 4.69) is 4.98 Å². The van der Waals surface area contributed by atoms with Crippen molar-refractivity contribution in [3.05, 3.63) is 77.2 Å². The molecule has 0 spiro atoms. The van der Waals surface area contributed by atoms with E-state index < -0.39 is 29.6 Å². The monoisotopic (exact) mass is 509 g/mol. The van der Waals surface area contributed by atoms with Crippen molar-refractivity contribution in [3.63, 3.8) is 0 Å². The van der Waals surface area contributed by atoms with Gasteiger partial charge in [-0.3, -0.25) is 0 Å². The SMILES string of the molecule is COC(=O)c1ccc(F)cc1C(C)Oc1cc(-c2ccccc2CN(C)C(=O)OC(C)(C)C)cnc1N. The summed E-state index contributed by atoms with van der Waals surface area (Å²) in [5, 5.41) is 0. The highest BCUT2D eigenvalue weighted by Gasteiger charge is 2.22. The third kappa shape index (κ3) is 6.97. The van der Waals surface area contributed by atoms with Crippen LogP contribution in [0.5, 0.6) is 5.75 Å². The van der Waals surface area contributed by atoms with Crippen molar-refractivity contribution in [1.82, 2.24) is 9.88 Å². The van der Waals surface area contributed by atoms with E-state index in [0.29, 0.717) is 17.7 Å². The summed E-state index contributed by atoms with van der Waals surface area (Å²) in [6, 6.07) is 13.1. The topological polar surface area (TPSA) is 104 Å². The molecule has 0 saturated carbocycles. The van der Waals surface area contributed by atoms with E-state index in [1.807, 2.05) is 45.0 Å². The number of rotatable bonds is 7. The van der Waals surface area contributed by atoms with Gasteiger partial charge in [-0.1, -0.05) is 24.3 Å². The molecule has 0 saturated heterocycles. The van der Waals surface area contributed by atoms with E-state index in [4.69, 9.17) is 19.9 Å². The third-order valence-electron chi connectivity index (χ3n) is 5.48. The highest BCUT2D eigenvalue weighted by atomic mass is 19.1. The van der Waals surface area contributed by atoms with Gasteiger partial charge in [0.25, 0.3) is 0 Å². The summed E-state index contributed by atoms with van der Waals surface area (Å²) in [5.74, 6) is -0.718. The first kappa shape index (κ1) is 27.4. The maximum absolute atomic E-state index is 14.0. The molecule has 1 aromatic heterocycles. The molecule has 0 aliphatic heterocycles. The van der Waals surface area contributed by atoms with Gasteiger partial charge in [-0.2, -0.15) is 0 Å². The van der Waals surface area contributed by atoms with Crippen molar-refractivity contribution in [2.24, 2.45) is 0 Å². The van der Waals surface area contributed by atoms with Crippen molar-refractivity contribution < 1.29 is 28.2 Å². The molecule has 3 aromatic rings. The Morgan fingerprint density at radius 1 is 1.14 bits per heavy atom. The molecule has 196 valence electrons. The van der Waals surface area contributed by atoms with Crippen LogP contribution in [0.3, 0.4) is 0 Å². The molecule has 0 aliphatic rings. The van der Waals surface area contributed by atoms with E-state index in [1.54, 1.807) is 26.2 Å². The lowest BCUT2D eigenvalue weighted by molar-refractivity contribution is 0.0285. The zero-order valence-corrected chi connectivity index (χ0v) is 21.9. The lowest BCUT2D eigenvalue weighted by Gasteiger charge is -2.25. The molecule has 0 bridgehead atoms. The quantitative estimate of drug-likeness (QED) is 0.404. The molecule has 1 amide bonds. The first-order chi connectivity index (χ1) is 17.4. The van der Waals surface area contributed by atoms with Gasteiger partial charge in [0.05, 0.1) is 12.7 Å². The van der Waals surface area contributed by atoms with Crippen molar-refractivity contribution in [3.8, 4) is 16.9 Å². The predicted molar refractivity (Wildman–Crippen MR) is 139 cm³/mol. The van der Waals surface area contributed by atoms with Gasteiger partial charge in [-0.25, -0.2) is 19.0 Å². The van der Waals surface area contributed by atoms with Gasteiger partial charge in [0.2, 0.25) is 0 Å². The van der Waals surface area contributed by atoms with E-state index in [9.17, 15) is 14.0 Å². The summed E-state index contributed by atoms with van der Waals surface area (Å²) in [6.07, 6.45) is 0.436. The summed E-state index contributed by atoms with van der Waals surface area (Å²) < 4.78 is 30.3. The van der Waals surface area contributed by atoms with Gasteiger partial charge in [0.15, 0.2) is 11.6 Å². The lowest BCUT2D eigenvalue weighted by atomic mass is 10.0. The number of benzene rings is 2. The minimum atomic E-state index is -0.738. The number of carbonyl (C=O) groups is 2. The molecular formula is C28H32FN3O5. The Labute approximate surface area is 216 Å². The van der Waals surface area contributed by atoms with Crippen LogP contribution in [0.15, 0.2) is 54.7 Å². The Morgan fingerprint density at radius 3 is 2.51 bits per heavy atom. The zero-order chi connectivity index (χ0) is 27.3. The Bertz CT molecular complexity index is 1290. The minimum Gasteiger partial charge on any atom is -0.482 e. The molecule has 1 atom stereocenters. The molecule has 2 aromatic carbocycles. The van der Waals surface area contributed by atoms with Crippen LogP contribution in [0.2, 0.25) is 0 Å². The molecule has 37 heavy (non-hydrogen) atoms. The van der Waals surface area contributed by atoms with Crippen LogP contribution in [0.25, 0.3) is 11.1 Å². The third-order valence-corrected chi connectivity index (χ3v) is 5.48. The maximum atomic E-state index is 14.0. The average Bonchev–Trinajstić information content (AvgIpc) is 2.84. The van der Waals surface area contributed by atoms with Crippen LogP contribution < -0.4 is 10.5 Å². The van der Waals surface area contributed by atoms with Gasteiger partial charge in [0.1, 0.15) is 17.5 Å². The molecule has 0 radical (unpaired) electrons. The number of esters is 1. The number of methoxy groups -OCH3 is 1. The number of nitrogens with two attached hydrogens (primary N) is 1. The summed E-state index contributed by atoms with van der Waals surface area (Å²) >= 11 is 0. The maximum Gasteiger partial charge on any atom is 0.410 e. The molecule has 0 fully saturated rings. The summed E-state index contributed by atoms with van der Waals surface area (Å²) in [7, 11) is 2.92. The summed E-state index contributed by atoms with van der Waals surface area (Å²) in [5.41, 5.74) is 8.38. The predicted octanol–water partition coefficient (Wildman–Crippen LogP) is 5.76. The minimum absolute atomic E-state index is 0.134. The Balaban J connectivity index is 1.90. The Morgan fingerprint density at radius 2 is 1.84 bits per heavy atom. The van der Waals surface area contributed by atoms with Gasteiger partial charge in [-0.05, 0) is 63.1 Å². The smallest absolute Gasteiger partial charge is 0.410 e. The second-order valence-corrected chi connectivity index (χ2v) is 9.58. The highest BCUT2D eigenvalue weighted by molar-refractivity contribution is 5.91. The van der Waals surface area contributed by atoms with Crippen molar-refractivity contribution in [2.75, 3.05) is 19.9 Å². The number of aromatic nitrogens is 1. The van der Waals surface area contributed by atoms with Crippen LogP contribution in [-0.4, -0.2) is 41.7 Å². The zero-order valence-electron chi connectivity index (χ0n) is 21.9. The molecular weight excluding hydrogens is 477 g/mol. The second-order valence-electron chi connectivity index (χ2n) is 9.58. The standard InChI is InChI=1S/C28H32FN3O5/c1-17(23-14-20(29)11-12-22(23)26(33)35-6)36-24-13-19(15-31-25(24)30)21-10-8-7-9-18(21)16-32(5)27(34)37-28(2,3)4/h7-15,17H,16H2,1-6H3,(H2,30,31). The summed E-state index contributed by atoms with van der Waals surface area (Å²) in [6.45, 7) is 7.42. The van der Waals surface area contributed by atoms with E-state index in [-0.39, 0.29) is 17.1 Å². The first-order valence-corrected chi connectivity index (χ1v) is 11.7. The van der Waals surface area contributed by atoms with Crippen LogP contribution in [0.4, 0.5) is 15.0 Å². The number of nitrogens with zero attached hydrogens (tertiary/aromatic N) is 2. The van der Waals surface area contributed by atoms with Gasteiger partial charge < -0.3 is 24.8 Å².